The molecule has 0 saturated heterocycles. The van der Waals surface area contributed by atoms with E-state index in [9.17, 15) is 4.79 Å². The van der Waals surface area contributed by atoms with Crippen LogP contribution < -0.4 is 10.9 Å². The van der Waals surface area contributed by atoms with E-state index >= 15 is 0 Å². The molecular weight excluding hydrogens is 216 g/mol. The number of benzene rings is 1. The summed E-state index contributed by atoms with van der Waals surface area (Å²) in [6, 6.07) is 9.43. The van der Waals surface area contributed by atoms with E-state index in [4.69, 9.17) is 0 Å². The van der Waals surface area contributed by atoms with Crippen LogP contribution in [0.25, 0.3) is 11.3 Å². The Morgan fingerprint density at radius 2 is 2.00 bits per heavy atom. The van der Waals surface area contributed by atoms with Crippen molar-refractivity contribution in [2.75, 3.05) is 11.9 Å². The molecule has 0 atom stereocenters. The maximum atomic E-state index is 12.2. The molecule has 1 aliphatic heterocycles. The van der Waals surface area contributed by atoms with Gasteiger partial charge in [-0.05, 0) is 6.42 Å². The molecule has 0 bridgehead atoms. The Kier molecular flexibility index (Phi) is 2.36. The summed E-state index contributed by atoms with van der Waals surface area (Å²) in [5.74, 6) is 0.570. The van der Waals surface area contributed by atoms with Crippen molar-refractivity contribution in [1.29, 1.82) is 0 Å². The summed E-state index contributed by atoms with van der Waals surface area (Å²) < 4.78 is 1.65. The molecule has 2 heterocycles. The molecule has 0 aliphatic carbocycles. The van der Waals surface area contributed by atoms with E-state index in [0.717, 1.165) is 18.5 Å². The summed E-state index contributed by atoms with van der Waals surface area (Å²) in [6.45, 7) is 1.55. The molecule has 5 heteroatoms. The molecule has 17 heavy (non-hydrogen) atoms. The lowest BCUT2D eigenvalue weighted by Gasteiger charge is -2.18. The molecule has 3 rings (SSSR count). The molecule has 0 amide bonds. The van der Waals surface area contributed by atoms with E-state index in [0.29, 0.717) is 18.2 Å². The van der Waals surface area contributed by atoms with Crippen molar-refractivity contribution in [1.82, 2.24) is 14.8 Å². The minimum Gasteiger partial charge on any atom is -0.354 e. The van der Waals surface area contributed by atoms with Crippen molar-refractivity contribution in [3.05, 3.63) is 40.7 Å². The first kappa shape index (κ1) is 10.0. The van der Waals surface area contributed by atoms with Gasteiger partial charge >= 0.3 is 0 Å². The number of hydrogen-bond acceptors (Lipinski definition) is 4. The zero-order valence-corrected chi connectivity index (χ0v) is 9.26. The topological polar surface area (TPSA) is 59.8 Å². The van der Waals surface area contributed by atoms with Gasteiger partial charge in [0.25, 0.3) is 5.56 Å². The molecule has 1 aromatic carbocycles. The molecular formula is C12H12N4O. The van der Waals surface area contributed by atoms with Gasteiger partial charge in [-0.15, -0.1) is 10.2 Å². The third-order valence-electron chi connectivity index (χ3n) is 2.84. The van der Waals surface area contributed by atoms with Crippen LogP contribution in [0.4, 0.5) is 5.95 Å². The van der Waals surface area contributed by atoms with Gasteiger partial charge in [-0.3, -0.25) is 9.36 Å². The van der Waals surface area contributed by atoms with Gasteiger partial charge in [-0.2, -0.15) is 0 Å². The molecule has 0 radical (unpaired) electrons. The molecule has 0 fully saturated rings. The van der Waals surface area contributed by atoms with Crippen molar-refractivity contribution in [2.45, 2.75) is 13.0 Å². The van der Waals surface area contributed by atoms with Crippen molar-refractivity contribution in [3.63, 3.8) is 0 Å². The van der Waals surface area contributed by atoms with Gasteiger partial charge in [0.2, 0.25) is 5.95 Å². The Morgan fingerprint density at radius 1 is 1.18 bits per heavy atom. The van der Waals surface area contributed by atoms with E-state index in [-0.39, 0.29) is 5.56 Å². The van der Waals surface area contributed by atoms with Crippen molar-refractivity contribution in [2.24, 2.45) is 0 Å². The minimum atomic E-state index is -0.0756. The van der Waals surface area contributed by atoms with Crippen molar-refractivity contribution < 1.29 is 0 Å². The second-order valence-corrected chi connectivity index (χ2v) is 3.98. The van der Waals surface area contributed by atoms with Crippen LogP contribution in [0.2, 0.25) is 0 Å². The van der Waals surface area contributed by atoms with E-state index in [1.165, 1.54) is 0 Å². The van der Waals surface area contributed by atoms with E-state index in [1.807, 2.05) is 30.3 Å². The van der Waals surface area contributed by atoms with E-state index < -0.39 is 0 Å². The van der Waals surface area contributed by atoms with Crippen LogP contribution in [0.15, 0.2) is 35.1 Å². The SMILES string of the molecule is O=c1c(-c2ccccc2)nnc2n1CCCN2. The molecule has 0 saturated carbocycles. The Bertz CT molecular complexity index is 591. The van der Waals surface area contributed by atoms with Crippen LogP contribution in [-0.4, -0.2) is 21.3 Å². The van der Waals surface area contributed by atoms with Crippen LogP contribution in [0.3, 0.4) is 0 Å². The molecule has 0 spiro atoms. The molecule has 1 N–H and O–H groups in total. The van der Waals surface area contributed by atoms with E-state index in [1.54, 1.807) is 4.57 Å². The van der Waals surface area contributed by atoms with Crippen LogP contribution in [-0.2, 0) is 6.54 Å². The maximum absolute atomic E-state index is 12.2. The zero-order valence-electron chi connectivity index (χ0n) is 9.26. The first-order valence-electron chi connectivity index (χ1n) is 5.63. The summed E-state index contributed by atoms with van der Waals surface area (Å²) in [7, 11) is 0. The van der Waals surface area contributed by atoms with Crippen LogP contribution in [0.5, 0.6) is 0 Å². The van der Waals surface area contributed by atoms with Crippen LogP contribution in [0.1, 0.15) is 6.42 Å². The van der Waals surface area contributed by atoms with Gasteiger partial charge in [0.1, 0.15) is 0 Å². The number of nitrogens with zero attached hydrogens (tertiary/aromatic N) is 3. The smallest absolute Gasteiger partial charge is 0.281 e. The third kappa shape index (κ3) is 1.69. The van der Waals surface area contributed by atoms with Crippen molar-refractivity contribution >= 4 is 5.95 Å². The minimum absolute atomic E-state index is 0.0756. The standard InChI is InChI=1S/C12H12N4O/c17-11-10(9-5-2-1-3-6-9)14-15-12-13-7-4-8-16(11)12/h1-3,5-6H,4,7-8H2,(H,13,15). The Balaban J connectivity index is 2.17. The highest BCUT2D eigenvalue weighted by Crippen LogP contribution is 2.14. The summed E-state index contributed by atoms with van der Waals surface area (Å²) in [5, 5.41) is 11.1. The number of hydrogen-bond donors (Lipinski definition) is 1. The van der Waals surface area contributed by atoms with Gasteiger partial charge in [0.15, 0.2) is 5.69 Å². The van der Waals surface area contributed by atoms with E-state index in [2.05, 4.69) is 15.5 Å². The fourth-order valence-electron chi connectivity index (χ4n) is 1.97. The lowest BCUT2D eigenvalue weighted by molar-refractivity contribution is 0.586. The predicted molar refractivity (Wildman–Crippen MR) is 64.8 cm³/mol. The Labute approximate surface area is 98.1 Å². The zero-order chi connectivity index (χ0) is 11.7. The highest BCUT2D eigenvalue weighted by Gasteiger charge is 2.15. The monoisotopic (exact) mass is 228 g/mol. The van der Waals surface area contributed by atoms with Crippen LogP contribution >= 0.6 is 0 Å². The normalized spacial score (nSPS) is 13.9. The van der Waals surface area contributed by atoms with Gasteiger partial charge in [-0.25, -0.2) is 0 Å². The second kappa shape index (κ2) is 4.01. The lowest BCUT2D eigenvalue weighted by Crippen LogP contribution is -2.32. The van der Waals surface area contributed by atoms with Crippen molar-refractivity contribution in [3.8, 4) is 11.3 Å². The maximum Gasteiger partial charge on any atom is 0.281 e. The second-order valence-electron chi connectivity index (χ2n) is 3.98. The fraction of sp³-hybridized carbons (Fsp3) is 0.250. The lowest BCUT2D eigenvalue weighted by atomic mass is 10.2. The molecule has 86 valence electrons. The first-order valence-corrected chi connectivity index (χ1v) is 5.63. The molecule has 0 unspecified atom stereocenters. The number of anilines is 1. The van der Waals surface area contributed by atoms with Gasteiger partial charge in [0.05, 0.1) is 0 Å². The molecule has 1 aliphatic rings. The Morgan fingerprint density at radius 3 is 2.82 bits per heavy atom. The number of fused-ring (bicyclic) bond motifs is 1. The number of aromatic nitrogens is 3. The Hall–Kier alpha value is -2.17. The van der Waals surface area contributed by atoms with Gasteiger partial charge in [0, 0.05) is 18.7 Å². The fourth-order valence-corrected chi connectivity index (χ4v) is 1.97. The number of rotatable bonds is 1. The highest BCUT2D eigenvalue weighted by atomic mass is 16.1. The first-order chi connectivity index (χ1) is 8.36. The quantitative estimate of drug-likeness (QED) is 0.794. The summed E-state index contributed by atoms with van der Waals surface area (Å²) in [4.78, 5) is 12.2. The average Bonchev–Trinajstić information content (AvgIpc) is 2.40. The summed E-state index contributed by atoms with van der Waals surface area (Å²) in [6.07, 6.45) is 0.937. The highest BCUT2D eigenvalue weighted by molar-refractivity contribution is 5.57. The summed E-state index contributed by atoms with van der Waals surface area (Å²) in [5.41, 5.74) is 1.15. The largest absolute Gasteiger partial charge is 0.354 e. The predicted octanol–water partition coefficient (Wildman–Crippen LogP) is 1.12. The molecule has 2 aromatic rings. The average molecular weight is 228 g/mol. The molecule has 1 aromatic heterocycles. The number of nitrogens with one attached hydrogen (secondary N) is 1. The summed E-state index contributed by atoms with van der Waals surface area (Å²) >= 11 is 0. The molecule has 5 nitrogen and oxygen atoms in total. The third-order valence-corrected chi connectivity index (χ3v) is 2.84. The van der Waals surface area contributed by atoms with Gasteiger partial charge < -0.3 is 5.32 Å². The van der Waals surface area contributed by atoms with Gasteiger partial charge in [-0.1, -0.05) is 30.3 Å². The van der Waals surface area contributed by atoms with Crippen LogP contribution in [0, 0.1) is 0 Å².